The summed E-state index contributed by atoms with van der Waals surface area (Å²) in [7, 11) is 1.84. The number of aliphatic carboxylic acids is 1. The van der Waals surface area contributed by atoms with Crippen LogP contribution in [0.25, 0.3) is 0 Å². The molecule has 0 aliphatic carbocycles. The van der Waals surface area contributed by atoms with Gasteiger partial charge < -0.3 is 10.4 Å². The van der Waals surface area contributed by atoms with Crippen LogP contribution in [0, 0.1) is 0 Å². The Kier molecular flexibility index (Phi) is 4.55. The molecular formula is C13H22N4O2. The molecule has 0 aromatic carbocycles. The molecule has 2 N–H and O–H groups in total. The van der Waals surface area contributed by atoms with Crippen molar-refractivity contribution in [3.63, 3.8) is 0 Å². The molecule has 1 aliphatic heterocycles. The van der Waals surface area contributed by atoms with E-state index in [2.05, 4.69) is 10.4 Å². The maximum atomic E-state index is 11.7. The smallest absolute Gasteiger partial charge is 0.325 e. The van der Waals surface area contributed by atoms with Crippen LogP contribution in [0.4, 0.5) is 0 Å². The molecule has 1 fully saturated rings. The molecule has 6 nitrogen and oxygen atoms in total. The average Bonchev–Trinajstić information content (AvgIpc) is 2.58. The molecule has 106 valence electrons. The summed E-state index contributed by atoms with van der Waals surface area (Å²) in [6.45, 7) is 5.37. The summed E-state index contributed by atoms with van der Waals surface area (Å²) in [5.41, 5.74) is 1.71. The van der Waals surface area contributed by atoms with Crippen molar-refractivity contribution in [1.29, 1.82) is 0 Å². The van der Waals surface area contributed by atoms with Crippen LogP contribution in [-0.4, -0.2) is 51.9 Å². The molecule has 0 saturated carbocycles. The zero-order valence-electron chi connectivity index (χ0n) is 11.6. The van der Waals surface area contributed by atoms with Gasteiger partial charge in [-0.1, -0.05) is 6.92 Å². The second-order valence-corrected chi connectivity index (χ2v) is 4.94. The Morgan fingerprint density at radius 2 is 2.32 bits per heavy atom. The van der Waals surface area contributed by atoms with Crippen LogP contribution >= 0.6 is 0 Å². The fourth-order valence-corrected chi connectivity index (χ4v) is 2.67. The zero-order chi connectivity index (χ0) is 13.8. The van der Waals surface area contributed by atoms with Crippen LogP contribution in [-0.2, 0) is 18.3 Å². The summed E-state index contributed by atoms with van der Waals surface area (Å²) in [4.78, 5) is 13.7. The minimum Gasteiger partial charge on any atom is -0.480 e. The SMILES string of the molecule is CCc1nn(C)cc1C(C(=O)O)N1CCCNCC1. The highest BCUT2D eigenvalue weighted by Crippen LogP contribution is 2.25. The van der Waals surface area contributed by atoms with Crippen molar-refractivity contribution in [2.75, 3.05) is 26.2 Å². The molecule has 0 spiro atoms. The van der Waals surface area contributed by atoms with Crippen LogP contribution < -0.4 is 5.32 Å². The number of aryl methyl sites for hydroxylation is 2. The van der Waals surface area contributed by atoms with E-state index in [1.807, 2.05) is 25.1 Å². The van der Waals surface area contributed by atoms with Crippen LogP contribution in [0.5, 0.6) is 0 Å². The van der Waals surface area contributed by atoms with Crippen LogP contribution in [0.2, 0.25) is 0 Å². The Hall–Kier alpha value is -1.40. The summed E-state index contributed by atoms with van der Waals surface area (Å²) in [6.07, 6.45) is 3.58. The predicted molar refractivity (Wildman–Crippen MR) is 72.0 cm³/mol. The second-order valence-electron chi connectivity index (χ2n) is 4.94. The molecule has 1 unspecified atom stereocenters. The summed E-state index contributed by atoms with van der Waals surface area (Å²) in [5.74, 6) is -0.787. The average molecular weight is 266 g/mol. The van der Waals surface area contributed by atoms with Gasteiger partial charge in [0.05, 0.1) is 5.69 Å². The van der Waals surface area contributed by atoms with Crippen molar-refractivity contribution in [2.24, 2.45) is 7.05 Å². The maximum Gasteiger partial charge on any atom is 0.325 e. The molecule has 1 aromatic rings. The molecule has 1 aliphatic rings. The molecule has 2 rings (SSSR count). The van der Waals surface area contributed by atoms with Gasteiger partial charge in [-0.2, -0.15) is 5.10 Å². The van der Waals surface area contributed by atoms with Crippen LogP contribution in [0.15, 0.2) is 6.20 Å². The van der Waals surface area contributed by atoms with Gasteiger partial charge in [0.2, 0.25) is 0 Å². The Labute approximate surface area is 113 Å². The number of aromatic nitrogens is 2. The van der Waals surface area contributed by atoms with E-state index in [1.54, 1.807) is 4.68 Å². The highest BCUT2D eigenvalue weighted by atomic mass is 16.4. The summed E-state index contributed by atoms with van der Waals surface area (Å²) < 4.78 is 1.71. The Balaban J connectivity index is 2.30. The van der Waals surface area contributed by atoms with Crippen molar-refractivity contribution < 1.29 is 9.90 Å². The van der Waals surface area contributed by atoms with Gasteiger partial charge in [-0.25, -0.2) is 0 Å². The van der Waals surface area contributed by atoms with E-state index in [0.29, 0.717) is 0 Å². The Bertz CT molecular complexity index is 436. The highest BCUT2D eigenvalue weighted by molar-refractivity contribution is 5.75. The number of hydrogen-bond donors (Lipinski definition) is 2. The van der Waals surface area contributed by atoms with E-state index in [0.717, 1.165) is 50.3 Å². The van der Waals surface area contributed by atoms with Gasteiger partial charge in [0.25, 0.3) is 0 Å². The fraction of sp³-hybridized carbons (Fsp3) is 0.692. The van der Waals surface area contributed by atoms with Gasteiger partial charge in [-0.15, -0.1) is 0 Å². The number of carbonyl (C=O) groups is 1. The van der Waals surface area contributed by atoms with Crippen molar-refractivity contribution in [3.8, 4) is 0 Å². The summed E-state index contributed by atoms with van der Waals surface area (Å²) >= 11 is 0. The van der Waals surface area contributed by atoms with Gasteiger partial charge in [0.15, 0.2) is 0 Å². The molecule has 1 atom stereocenters. The number of carboxylic acids is 1. The third-order valence-corrected chi connectivity index (χ3v) is 3.54. The minimum atomic E-state index is -0.787. The quantitative estimate of drug-likeness (QED) is 0.825. The third kappa shape index (κ3) is 3.13. The van der Waals surface area contributed by atoms with E-state index in [1.165, 1.54) is 0 Å². The molecule has 2 heterocycles. The van der Waals surface area contributed by atoms with E-state index < -0.39 is 12.0 Å². The number of hydrogen-bond acceptors (Lipinski definition) is 4. The molecular weight excluding hydrogens is 244 g/mol. The van der Waals surface area contributed by atoms with Gasteiger partial charge in [-0.3, -0.25) is 14.4 Å². The molecule has 0 radical (unpaired) electrons. The van der Waals surface area contributed by atoms with Crippen molar-refractivity contribution in [1.82, 2.24) is 20.0 Å². The van der Waals surface area contributed by atoms with Crippen molar-refractivity contribution >= 4 is 5.97 Å². The Morgan fingerprint density at radius 3 is 3.00 bits per heavy atom. The van der Waals surface area contributed by atoms with E-state index in [-0.39, 0.29) is 0 Å². The van der Waals surface area contributed by atoms with Crippen molar-refractivity contribution in [2.45, 2.75) is 25.8 Å². The van der Waals surface area contributed by atoms with Gasteiger partial charge in [0, 0.05) is 38.4 Å². The molecule has 19 heavy (non-hydrogen) atoms. The van der Waals surface area contributed by atoms with Gasteiger partial charge >= 0.3 is 5.97 Å². The lowest BCUT2D eigenvalue weighted by molar-refractivity contribution is -0.143. The molecule has 6 heteroatoms. The zero-order valence-corrected chi connectivity index (χ0v) is 11.6. The third-order valence-electron chi connectivity index (χ3n) is 3.54. The van der Waals surface area contributed by atoms with Crippen LogP contribution in [0.1, 0.15) is 30.6 Å². The predicted octanol–water partition coefficient (Wildman–Crippen LogP) is 0.404. The lowest BCUT2D eigenvalue weighted by Gasteiger charge is -2.27. The number of rotatable bonds is 4. The Morgan fingerprint density at radius 1 is 1.53 bits per heavy atom. The molecule has 0 amide bonds. The normalized spacial score (nSPS) is 19.1. The molecule has 1 aromatic heterocycles. The first-order valence-corrected chi connectivity index (χ1v) is 6.83. The first-order chi connectivity index (χ1) is 9.13. The molecule has 0 bridgehead atoms. The number of carboxylic acid groups (broad SMARTS) is 1. The monoisotopic (exact) mass is 266 g/mol. The van der Waals surface area contributed by atoms with Crippen molar-refractivity contribution in [3.05, 3.63) is 17.5 Å². The second kappa shape index (κ2) is 6.16. The van der Waals surface area contributed by atoms with Gasteiger partial charge in [0.1, 0.15) is 6.04 Å². The van der Waals surface area contributed by atoms with Crippen LogP contribution in [0.3, 0.4) is 0 Å². The number of nitrogens with zero attached hydrogens (tertiary/aromatic N) is 3. The first kappa shape index (κ1) is 14.0. The molecule has 1 saturated heterocycles. The lowest BCUT2D eigenvalue weighted by atomic mass is 10.0. The standard InChI is InChI=1S/C13H22N4O2/c1-3-11-10(9-16(2)15-11)12(13(18)19)17-7-4-5-14-6-8-17/h9,12,14H,3-8H2,1-2H3,(H,18,19). The summed E-state index contributed by atoms with van der Waals surface area (Å²) in [6, 6.07) is -0.580. The number of nitrogens with one attached hydrogen (secondary N) is 1. The summed E-state index contributed by atoms with van der Waals surface area (Å²) in [5, 5.41) is 17.3. The van der Waals surface area contributed by atoms with E-state index in [4.69, 9.17) is 0 Å². The van der Waals surface area contributed by atoms with Gasteiger partial charge in [-0.05, 0) is 19.4 Å². The lowest BCUT2D eigenvalue weighted by Crippen LogP contribution is -2.37. The maximum absolute atomic E-state index is 11.7. The van der Waals surface area contributed by atoms with E-state index >= 15 is 0 Å². The minimum absolute atomic E-state index is 0.580. The largest absolute Gasteiger partial charge is 0.480 e. The highest BCUT2D eigenvalue weighted by Gasteiger charge is 2.30. The topological polar surface area (TPSA) is 70.4 Å². The fourth-order valence-electron chi connectivity index (χ4n) is 2.67. The first-order valence-electron chi connectivity index (χ1n) is 6.83. The van der Waals surface area contributed by atoms with E-state index in [9.17, 15) is 9.90 Å².